The summed E-state index contributed by atoms with van der Waals surface area (Å²) in [5.41, 5.74) is 2.30. The maximum Gasteiger partial charge on any atom is 0.314 e. The van der Waals surface area contributed by atoms with Crippen LogP contribution in [-0.2, 0) is 6.42 Å². The molecule has 3 rings (SSSR count). The molecule has 0 amide bonds. The molecule has 0 unspecified atom stereocenters. The monoisotopic (exact) mass is 354 g/mol. The summed E-state index contributed by atoms with van der Waals surface area (Å²) in [7, 11) is 1.42. The maximum atomic E-state index is 12.6. The average molecular weight is 354 g/mol. The van der Waals surface area contributed by atoms with Gasteiger partial charge >= 0.3 is 5.69 Å². The molecule has 0 spiro atoms. The zero-order chi connectivity index (χ0) is 18.7. The van der Waals surface area contributed by atoms with Gasteiger partial charge in [0.2, 0.25) is 5.78 Å². The highest BCUT2D eigenvalue weighted by Crippen LogP contribution is 2.31. The van der Waals surface area contributed by atoms with Crippen molar-refractivity contribution >= 4 is 22.4 Å². The second-order valence-electron chi connectivity index (χ2n) is 5.70. The molecular weight excluding hydrogens is 336 g/mol. The standard InChI is InChI=1S/C19H18N2O5/c1-3-12-5-4-6-14-15(10-20-19(12)14)17(22)11-26-18-8-7-13(25-2)9-16(18)21(23)24/h4-10,20H,3,11H2,1-2H3. The Morgan fingerprint density at radius 3 is 2.77 bits per heavy atom. The van der Waals surface area contributed by atoms with Crippen molar-refractivity contribution in [1.29, 1.82) is 0 Å². The Kier molecular flexibility index (Phi) is 4.88. The number of aromatic amines is 1. The number of nitrogens with one attached hydrogen (secondary N) is 1. The first-order valence-corrected chi connectivity index (χ1v) is 8.12. The minimum Gasteiger partial charge on any atom is -0.496 e. The van der Waals surface area contributed by atoms with Crippen molar-refractivity contribution in [1.82, 2.24) is 4.98 Å². The van der Waals surface area contributed by atoms with E-state index in [1.165, 1.54) is 19.2 Å². The second-order valence-corrected chi connectivity index (χ2v) is 5.70. The van der Waals surface area contributed by atoms with Gasteiger partial charge in [0.15, 0.2) is 12.4 Å². The summed E-state index contributed by atoms with van der Waals surface area (Å²) in [6, 6.07) is 10.0. The maximum absolute atomic E-state index is 12.6. The minimum atomic E-state index is -0.568. The number of aryl methyl sites for hydroxylation is 1. The number of nitrogens with zero attached hydrogens (tertiary/aromatic N) is 1. The topological polar surface area (TPSA) is 94.5 Å². The molecule has 0 aliphatic carbocycles. The third kappa shape index (κ3) is 3.23. The van der Waals surface area contributed by atoms with Crippen LogP contribution in [0.5, 0.6) is 11.5 Å². The van der Waals surface area contributed by atoms with E-state index in [1.807, 2.05) is 25.1 Å². The summed E-state index contributed by atoms with van der Waals surface area (Å²) in [6.07, 6.45) is 2.50. The van der Waals surface area contributed by atoms with E-state index >= 15 is 0 Å². The van der Waals surface area contributed by atoms with Gasteiger partial charge in [0.1, 0.15) is 5.75 Å². The number of H-pyrrole nitrogens is 1. The lowest BCUT2D eigenvalue weighted by Gasteiger charge is -2.07. The Hall–Kier alpha value is -3.35. The fourth-order valence-electron chi connectivity index (χ4n) is 2.85. The Morgan fingerprint density at radius 2 is 2.08 bits per heavy atom. The number of ketones is 1. The van der Waals surface area contributed by atoms with E-state index in [9.17, 15) is 14.9 Å². The molecule has 7 nitrogen and oxygen atoms in total. The van der Waals surface area contributed by atoms with E-state index in [0.717, 1.165) is 22.9 Å². The molecule has 0 bridgehead atoms. The third-order valence-corrected chi connectivity index (χ3v) is 4.20. The average Bonchev–Trinajstić information content (AvgIpc) is 3.10. The summed E-state index contributed by atoms with van der Waals surface area (Å²) >= 11 is 0. The van der Waals surface area contributed by atoms with E-state index in [-0.39, 0.29) is 23.8 Å². The predicted molar refractivity (Wildman–Crippen MR) is 97.2 cm³/mol. The Labute approximate surface area is 149 Å². The quantitative estimate of drug-likeness (QED) is 0.394. The van der Waals surface area contributed by atoms with Gasteiger partial charge in [-0.05, 0) is 24.1 Å². The number of fused-ring (bicyclic) bond motifs is 1. The minimum absolute atomic E-state index is 0.0261. The van der Waals surface area contributed by atoms with Crippen molar-refractivity contribution in [3.63, 3.8) is 0 Å². The molecule has 26 heavy (non-hydrogen) atoms. The molecule has 3 aromatic rings. The number of rotatable bonds is 7. The third-order valence-electron chi connectivity index (χ3n) is 4.20. The largest absolute Gasteiger partial charge is 0.496 e. The molecule has 0 radical (unpaired) electrons. The Bertz CT molecular complexity index is 977. The summed E-state index contributed by atoms with van der Waals surface area (Å²) in [5, 5.41) is 12.0. The number of carbonyl (C=O) groups is 1. The number of nitro benzene ring substituents is 1. The van der Waals surface area contributed by atoms with Crippen molar-refractivity contribution in [3.8, 4) is 11.5 Å². The second kappa shape index (κ2) is 7.26. The van der Waals surface area contributed by atoms with E-state index in [1.54, 1.807) is 12.3 Å². The van der Waals surface area contributed by atoms with E-state index in [0.29, 0.717) is 11.3 Å². The van der Waals surface area contributed by atoms with Crippen LogP contribution in [-0.4, -0.2) is 29.4 Å². The van der Waals surface area contributed by atoms with Gasteiger partial charge in [-0.3, -0.25) is 14.9 Å². The number of hydrogen-bond donors (Lipinski definition) is 1. The first-order valence-electron chi connectivity index (χ1n) is 8.12. The van der Waals surface area contributed by atoms with Crippen LogP contribution in [0.15, 0.2) is 42.6 Å². The van der Waals surface area contributed by atoms with E-state index in [2.05, 4.69) is 4.98 Å². The first-order chi connectivity index (χ1) is 12.5. The molecule has 0 aliphatic rings. The Balaban J connectivity index is 1.83. The van der Waals surface area contributed by atoms with Crippen molar-refractivity contribution in [2.75, 3.05) is 13.7 Å². The van der Waals surface area contributed by atoms with Crippen molar-refractivity contribution in [2.45, 2.75) is 13.3 Å². The summed E-state index contributed by atoms with van der Waals surface area (Å²) in [6.45, 7) is 1.75. The van der Waals surface area contributed by atoms with Gasteiger partial charge in [0.25, 0.3) is 0 Å². The van der Waals surface area contributed by atoms with Crippen LogP contribution in [0.3, 0.4) is 0 Å². The van der Waals surface area contributed by atoms with Crippen LogP contribution in [0.4, 0.5) is 5.69 Å². The van der Waals surface area contributed by atoms with Gasteiger partial charge in [0, 0.05) is 22.7 Å². The number of ether oxygens (including phenoxy) is 2. The Morgan fingerprint density at radius 1 is 1.27 bits per heavy atom. The lowest BCUT2D eigenvalue weighted by molar-refractivity contribution is -0.385. The highest BCUT2D eigenvalue weighted by atomic mass is 16.6. The molecule has 0 saturated heterocycles. The smallest absolute Gasteiger partial charge is 0.314 e. The summed E-state index contributed by atoms with van der Waals surface area (Å²) < 4.78 is 10.4. The highest BCUT2D eigenvalue weighted by Gasteiger charge is 2.19. The van der Waals surface area contributed by atoms with Gasteiger partial charge in [-0.2, -0.15) is 0 Å². The van der Waals surface area contributed by atoms with Crippen molar-refractivity contribution in [2.24, 2.45) is 0 Å². The molecule has 1 aromatic heterocycles. The zero-order valence-electron chi connectivity index (χ0n) is 14.4. The van der Waals surface area contributed by atoms with E-state index < -0.39 is 4.92 Å². The fraction of sp³-hybridized carbons (Fsp3) is 0.211. The van der Waals surface area contributed by atoms with Crippen LogP contribution in [0.1, 0.15) is 22.8 Å². The lowest BCUT2D eigenvalue weighted by atomic mass is 10.1. The number of aromatic nitrogens is 1. The molecule has 7 heteroatoms. The molecule has 134 valence electrons. The van der Waals surface area contributed by atoms with Gasteiger partial charge < -0.3 is 14.5 Å². The highest BCUT2D eigenvalue weighted by molar-refractivity contribution is 6.09. The molecule has 1 N–H and O–H groups in total. The molecular formula is C19H18N2O5. The summed E-state index contributed by atoms with van der Waals surface area (Å²) in [5.74, 6) is 0.118. The van der Waals surface area contributed by atoms with Gasteiger partial charge in [-0.25, -0.2) is 0 Å². The van der Waals surface area contributed by atoms with Crippen molar-refractivity contribution in [3.05, 3.63) is 63.8 Å². The van der Waals surface area contributed by atoms with Crippen LogP contribution in [0, 0.1) is 10.1 Å². The first kappa shape index (κ1) is 17.5. The fourth-order valence-corrected chi connectivity index (χ4v) is 2.85. The number of nitro groups is 1. The number of para-hydroxylation sites is 1. The molecule has 0 saturated carbocycles. The van der Waals surface area contributed by atoms with Crippen LogP contribution in [0.25, 0.3) is 10.9 Å². The normalized spacial score (nSPS) is 10.7. The van der Waals surface area contributed by atoms with E-state index in [4.69, 9.17) is 9.47 Å². The number of benzene rings is 2. The van der Waals surface area contributed by atoms with Crippen LogP contribution in [0.2, 0.25) is 0 Å². The molecule has 2 aromatic carbocycles. The van der Waals surface area contributed by atoms with Crippen LogP contribution >= 0.6 is 0 Å². The molecule has 0 fully saturated rings. The summed E-state index contributed by atoms with van der Waals surface area (Å²) in [4.78, 5) is 26.3. The van der Waals surface area contributed by atoms with Gasteiger partial charge in [-0.1, -0.05) is 25.1 Å². The number of carbonyl (C=O) groups excluding carboxylic acids is 1. The van der Waals surface area contributed by atoms with Crippen LogP contribution < -0.4 is 9.47 Å². The van der Waals surface area contributed by atoms with Gasteiger partial charge in [-0.15, -0.1) is 0 Å². The predicted octanol–water partition coefficient (Wildman–Crippen LogP) is 3.91. The zero-order valence-corrected chi connectivity index (χ0v) is 14.4. The number of Topliss-reactive ketones (excluding diaryl/α,β-unsaturated/α-hetero) is 1. The molecule has 1 heterocycles. The molecule has 0 aliphatic heterocycles. The molecule has 0 atom stereocenters. The van der Waals surface area contributed by atoms with Gasteiger partial charge in [0.05, 0.1) is 18.1 Å². The SMILES string of the molecule is CCc1cccc2c(C(=O)COc3ccc(OC)cc3[N+](=O)[O-])c[nH]c12. The number of methoxy groups -OCH3 is 1. The van der Waals surface area contributed by atoms with Crippen molar-refractivity contribution < 1.29 is 19.2 Å². The lowest BCUT2D eigenvalue weighted by Crippen LogP contribution is -2.12. The number of hydrogen-bond acceptors (Lipinski definition) is 5.